The molecule has 1 rings (SSSR count). The first-order valence-electron chi connectivity index (χ1n) is 3.34. The fourth-order valence-corrected chi connectivity index (χ4v) is 1.47. The molecule has 75 valence electrons. The molecule has 0 aromatic heterocycles. The molecule has 1 aromatic carbocycles. The third-order valence-electron chi connectivity index (χ3n) is 1.33. The minimum absolute atomic E-state index is 0.403. The Labute approximate surface area is 79.2 Å². The van der Waals surface area contributed by atoms with Crippen molar-refractivity contribution in [1.82, 2.24) is 5.43 Å². The summed E-state index contributed by atoms with van der Waals surface area (Å²) >= 11 is 0. The molecule has 0 aliphatic carbocycles. The van der Waals surface area contributed by atoms with E-state index in [2.05, 4.69) is 5.43 Å². The number of hydrogen-bond acceptors (Lipinski definition) is 4. The van der Waals surface area contributed by atoms with Crippen molar-refractivity contribution in [3.8, 4) is 0 Å². The quantitative estimate of drug-likeness (QED) is 0.446. The van der Waals surface area contributed by atoms with Gasteiger partial charge in [0, 0.05) is 0 Å². The second-order valence-electron chi connectivity index (χ2n) is 2.28. The van der Waals surface area contributed by atoms with Crippen LogP contribution in [0.4, 0.5) is 5.69 Å². The molecular formula is C6H5N2O5S. The van der Waals surface area contributed by atoms with Gasteiger partial charge in [0.25, 0.3) is 10.1 Å². The maximum absolute atomic E-state index is 10.7. The Morgan fingerprint density at radius 1 is 1.36 bits per heavy atom. The lowest BCUT2D eigenvalue weighted by atomic mass is 10.3. The highest BCUT2D eigenvalue weighted by Gasteiger charge is 2.19. The van der Waals surface area contributed by atoms with Gasteiger partial charge < -0.3 is 0 Å². The molecule has 0 bridgehead atoms. The van der Waals surface area contributed by atoms with E-state index in [0.29, 0.717) is 0 Å². The standard InChI is InChI=1S/C6H5N2O5S/c9-8(10)7-5-3-1-2-4-6(5)14(11,12)13/h1-4H,(H,11,12,13). The van der Waals surface area contributed by atoms with Crippen molar-refractivity contribution in [2.75, 3.05) is 0 Å². The van der Waals surface area contributed by atoms with E-state index in [1.807, 2.05) is 0 Å². The maximum atomic E-state index is 10.7. The predicted molar refractivity (Wildman–Crippen MR) is 45.0 cm³/mol. The van der Waals surface area contributed by atoms with Crippen molar-refractivity contribution in [1.29, 1.82) is 0 Å². The van der Waals surface area contributed by atoms with E-state index in [1.165, 1.54) is 12.1 Å². The SMILES string of the molecule is O=[N+]([O-])[N]c1ccccc1S(=O)(=O)O. The molecule has 0 spiro atoms. The molecule has 7 nitrogen and oxygen atoms in total. The molecule has 1 radical (unpaired) electrons. The number of benzene rings is 1. The first-order valence-corrected chi connectivity index (χ1v) is 4.78. The van der Waals surface area contributed by atoms with E-state index in [1.54, 1.807) is 0 Å². The molecule has 8 heteroatoms. The lowest BCUT2D eigenvalue weighted by Gasteiger charge is -1.99. The van der Waals surface area contributed by atoms with Crippen molar-refractivity contribution in [2.45, 2.75) is 4.90 Å². The molecule has 0 saturated heterocycles. The van der Waals surface area contributed by atoms with Crippen LogP contribution >= 0.6 is 0 Å². The van der Waals surface area contributed by atoms with Gasteiger partial charge in [-0.2, -0.15) is 8.42 Å². The van der Waals surface area contributed by atoms with E-state index in [4.69, 9.17) is 4.55 Å². The van der Waals surface area contributed by atoms with Crippen LogP contribution in [-0.2, 0) is 10.1 Å². The largest absolute Gasteiger partial charge is 0.296 e. The summed E-state index contributed by atoms with van der Waals surface area (Å²) in [4.78, 5) is 9.42. The minimum atomic E-state index is -4.48. The summed E-state index contributed by atoms with van der Waals surface area (Å²) in [5.41, 5.74) is 2.41. The first kappa shape index (κ1) is 10.4. The van der Waals surface area contributed by atoms with E-state index in [-0.39, 0.29) is 0 Å². The molecule has 0 unspecified atom stereocenters. The fraction of sp³-hybridized carbons (Fsp3) is 0. The Hall–Kier alpha value is -1.67. The van der Waals surface area contributed by atoms with Crippen LogP contribution in [0.25, 0.3) is 0 Å². The van der Waals surface area contributed by atoms with Crippen molar-refractivity contribution in [3.05, 3.63) is 34.4 Å². The van der Waals surface area contributed by atoms with Crippen molar-refractivity contribution < 1.29 is 18.0 Å². The molecule has 0 aliphatic rings. The molecular weight excluding hydrogens is 212 g/mol. The van der Waals surface area contributed by atoms with Gasteiger partial charge in [-0.15, -0.1) is 0 Å². The van der Waals surface area contributed by atoms with Crippen LogP contribution in [0.2, 0.25) is 0 Å². The van der Waals surface area contributed by atoms with Gasteiger partial charge in [0.05, 0.1) is 5.43 Å². The fourth-order valence-electron chi connectivity index (χ4n) is 0.846. The number of rotatable bonds is 3. The van der Waals surface area contributed by atoms with Crippen LogP contribution in [0.1, 0.15) is 0 Å². The van der Waals surface area contributed by atoms with Crippen LogP contribution < -0.4 is 5.43 Å². The molecule has 0 amide bonds. The van der Waals surface area contributed by atoms with Gasteiger partial charge in [0.15, 0.2) is 10.7 Å². The van der Waals surface area contributed by atoms with Gasteiger partial charge in [0.2, 0.25) is 0 Å². The summed E-state index contributed by atoms with van der Waals surface area (Å²) in [7, 11) is -4.48. The number of hydrogen-bond donors (Lipinski definition) is 1. The topological polar surface area (TPSA) is 112 Å². The summed E-state index contributed by atoms with van der Waals surface area (Å²) in [6.07, 6.45) is 0. The van der Waals surface area contributed by atoms with Gasteiger partial charge in [-0.05, 0) is 12.1 Å². The van der Waals surface area contributed by atoms with E-state index in [0.717, 1.165) is 12.1 Å². The Kier molecular flexibility index (Phi) is 2.68. The Morgan fingerprint density at radius 3 is 2.43 bits per heavy atom. The minimum Gasteiger partial charge on any atom is -0.282 e. The third kappa shape index (κ3) is 2.41. The van der Waals surface area contributed by atoms with Gasteiger partial charge in [-0.1, -0.05) is 12.1 Å². The van der Waals surface area contributed by atoms with E-state index >= 15 is 0 Å². The Morgan fingerprint density at radius 2 is 1.93 bits per heavy atom. The summed E-state index contributed by atoms with van der Waals surface area (Å²) in [6, 6.07) is 4.84. The summed E-state index contributed by atoms with van der Waals surface area (Å²) in [5, 5.41) is 8.97. The zero-order valence-electron chi connectivity index (χ0n) is 6.69. The smallest absolute Gasteiger partial charge is 0.282 e. The maximum Gasteiger partial charge on any atom is 0.296 e. The first-order chi connectivity index (χ1) is 6.41. The Balaban J connectivity index is 3.23. The molecule has 0 atom stereocenters. The zero-order valence-corrected chi connectivity index (χ0v) is 7.51. The van der Waals surface area contributed by atoms with Gasteiger partial charge in [0.1, 0.15) is 4.90 Å². The normalized spacial score (nSPS) is 10.9. The van der Waals surface area contributed by atoms with Crippen LogP contribution in [0.3, 0.4) is 0 Å². The molecule has 14 heavy (non-hydrogen) atoms. The lowest BCUT2D eigenvalue weighted by molar-refractivity contribution is -0.535. The summed E-state index contributed by atoms with van der Waals surface area (Å²) in [5.74, 6) is 0. The molecule has 0 heterocycles. The monoisotopic (exact) mass is 217 g/mol. The predicted octanol–water partition coefficient (Wildman–Crippen LogP) is 0.361. The van der Waals surface area contributed by atoms with Crippen molar-refractivity contribution in [3.63, 3.8) is 0 Å². The lowest BCUT2D eigenvalue weighted by Crippen LogP contribution is -2.10. The molecule has 1 aromatic rings. The van der Waals surface area contributed by atoms with Gasteiger partial charge >= 0.3 is 0 Å². The highest BCUT2D eigenvalue weighted by molar-refractivity contribution is 7.86. The number of nitro groups is 1. The second kappa shape index (κ2) is 3.60. The Bertz CT molecular complexity index is 455. The van der Waals surface area contributed by atoms with E-state index < -0.39 is 25.7 Å². The molecule has 0 fully saturated rings. The number of nitrogens with zero attached hydrogens (tertiary/aromatic N) is 2. The second-order valence-corrected chi connectivity index (χ2v) is 3.67. The average Bonchev–Trinajstić information content (AvgIpc) is 2.01. The van der Waals surface area contributed by atoms with Crippen LogP contribution in [-0.4, -0.2) is 18.0 Å². The molecule has 0 saturated carbocycles. The zero-order chi connectivity index (χ0) is 10.8. The van der Waals surface area contributed by atoms with Crippen LogP contribution in [0.15, 0.2) is 29.2 Å². The molecule has 0 aliphatic heterocycles. The summed E-state index contributed by atoms with van der Waals surface area (Å²) < 4.78 is 30.1. The van der Waals surface area contributed by atoms with Gasteiger partial charge in [-0.3, -0.25) is 4.55 Å². The van der Waals surface area contributed by atoms with Crippen LogP contribution in [0, 0.1) is 10.1 Å². The average molecular weight is 217 g/mol. The highest BCUT2D eigenvalue weighted by atomic mass is 32.2. The van der Waals surface area contributed by atoms with E-state index in [9.17, 15) is 18.5 Å². The van der Waals surface area contributed by atoms with Crippen molar-refractivity contribution in [2.24, 2.45) is 0 Å². The highest BCUT2D eigenvalue weighted by Crippen LogP contribution is 2.19. The summed E-state index contributed by atoms with van der Waals surface area (Å²) in [6.45, 7) is 0. The van der Waals surface area contributed by atoms with Gasteiger partial charge in [-0.25, -0.2) is 10.1 Å². The van der Waals surface area contributed by atoms with Crippen LogP contribution in [0.5, 0.6) is 0 Å². The van der Waals surface area contributed by atoms with Crippen molar-refractivity contribution >= 4 is 15.8 Å². The molecule has 1 N–H and O–H groups in total. The third-order valence-corrected chi connectivity index (χ3v) is 2.23.